The van der Waals surface area contributed by atoms with E-state index >= 15 is 0 Å². The van der Waals surface area contributed by atoms with Gasteiger partial charge in [0.05, 0.1) is 6.61 Å². The van der Waals surface area contributed by atoms with Crippen LogP contribution in [0.3, 0.4) is 0 Å². The topological polar surface area (TPSA) is 58.0 Å². The molecule has 0 aromatic carbocycles. The molecule has 5 heteroatoms. The van der Waals surface area contributed by atoms with Gasteiger partial charge in [0.2, 0.25) is 0 Å². The average molecular weight is 255 g/mol. The fourth-order valence-electron chi connectivity index (χ4n) is 1.23. The second-order valence-corrected chi connectivity index (χ2v) is 5.50. The molecule has 0 spiro atoms. The molecule has 17 heavy (non-hydrogen) atoms. The van der Waals surface area contributed by atoms with Crippen molar-refractivity contribution in [3.8, 4) is 0 Å². The van der Waals surface area contributed by atoms with Gasteiger partial charge in [0.1, 0.15) is 0 Å². The van der Waals surface area contributed by atoms with E-state index in [9.17, 15) is 5.11 Å². The smallest absolute Gasteiger partial charge is 0.188 e. The molecular weight excluding hydrogens is 234 g/mol. The zero-order valence-corrected chi connectivity index (χ0v) is 12.0. The zero-order chi connectivity index (χ0) is 13.1. The van der Waals surface area contributed by atoms with Gasteiger partial charge < -0.3 is 10.4 Å². The predicted octanol–water partition coefficient (Wildman–Crippen LogP) is 1.46. The maximum Gasteiger partial charge on any atom is 0.188 e. The molecule has 0 radical (unpaired) electrons. The van der Waals surface area contributed by atoms with Crippen LogP contribution in [0.25, 0.3) is 0 Å². The Morgan fingerprint density at radius 3 is 2.18 bits per heavy atom. The van der Waals surface area contributed by atoms with E-state index < -0.39 is 0 Å². The Balaban J connectivity index is 2.76. The minimum absolute atomic E-state index is 0.0975. The summed E-state index contributed by atoms with van der Waals surface area (Å²) >= 11 is 1.57. The van der Waals surface area contributed by atoms with Crippen LogP contribution in [0.2, 0.25) is 0 Å². The van der Waals surface area contributed by atoms with E-state index in [-0.39, 0.29) is 12.1 Å². The molecule has 1 heterocycles. The Morgan fingerprint density at radius 1 is 1.24 bits per heavy atom. The highest BCUT2D eigenvalue weighted by atomic mass is 32.2. The molecule has 1 atom stereocenters. The summed E-state index contributed by atoms with van der Waals surface area (Å²) in [6, 6.07) is 0. The number of aryl methyl sites for hydroxylation is 2. The minimum Gasteiger partial charge on any atom is -0.394 e. The number of hydrogen-bond acceptors (Lipinski definition) is 5. The summed E-state index contributed by atoms with van der Waals surface area (Å²) in [5.74, 6) is 0.738. The molecule has 0 aliphatic heterocycles. The second-order valence-electron chi connectivity index (χ2n) is 4.56. The molecule has 0 amide bonds. The highest BCUT2D eigenvalue weighted by Crippen LogP contribution is 2.21. The van der Waals surface area contributed by atoms with Gasteiger partial charge in [-0.1, -0.05) is 11.8 Å². The van der Waals surface area contributed by atoms with Crippen molar-refractivity contribution in [1.82, 2.24) is 15.3 Å². The molecule has 1 aromatic rings. The monoisotopic (exact) mass is 255 g/mol. The van der Waals surface area contributed by atoms with Crippen molar-refractivity contribution in [2.24, 2.45) is 0 Å². The lowest BCUT2D eigenvalue weighted by Gasteiger charge is -2.25. The fourth-order valence-corrected chi connectivity index (χ4v) is 2.31. The van der Waals surface area contributed by atoms with Gasteiger partial charge in [-0.15, -0.1) is 0 Å². The maximum absolute atomic E-state index is 9.30. The number of nitrogens with zero attached hydrogens (tertiary/aromatic N) is 2. The van der Waals surface area contributed by atoms with Gasteiger partial charge >= 0.3 is 0 Å². The molecule has 0 bridgehead atoms. The van der Waals surface area contributed by atoms with Gasteiger partial charge in [0, 0.05) is 22.7 Å². The van der Waals surface area contributed by atoms with Crippen LogP contribution >= 0.6 is 11.8 Å². The predicted molar refractivity (Wildman–Crippen MR) is 71.5 cm³/mol. The Labute approximate surface area is 107 Å². The van der Waals surface area contributed by atoms with E-state index in [0.29, 0.717) is 0 Å². The van der Waals surface area contributed by atoms with Gasteiger partial charge in [-0.25, -0.2) is 9.97 Å². The van der Waals surface area contributed by atoms with Gasteiger partial charge in [-0.2, -0.15) is 0 Å². The quantitative estimate of drug-likeness (QED) is 0.616. The van der Waals surface area contributed by atoms with E-state index in [0.717, 1.165) is 27.9 Å². The fraction of sp³-hybridized carbons (Fsp3) is 0.667. The standard InChI is InChI=1S/C12H21N3OS/c1-8-9(2)14-11(15-10(8)3)17-7-12(4,6-16)13-5/h13,16H,6-7H2,1-5H3. The third kappa shape index (κ3) is 3.66. The van der Waals surface area contributed by atoms with E-state index in [2.05, 4.69) is 15.3 Å². The first kappa shape index (κ1) is 14.4. The van der Waals surface area contributed by atoms with Gasteiger partial charge in [-0.05, 0) is 40.3 Å². The highest BCUT2D eigenvalue weighted by Gasteiger charge is 2.21. The largest absolute Gasteiger partial charge is 0.394 e. The summed E-state index contributed by atoms with van der Waals surface area (Å²) < 4.78 is 0. The lowest BCUT2D eigenvalue weighted by atomic mass is 10.1. The average Bonchev–Trinajstić information content (AvgIpc) is 2.32. The molecule has 2 N–H and O–H groups in total. The summed E-state index contributed by atoms with van der Waals surface area (Å²) in [7, 11) is 1.85. The first-order chi connectivity index (χ1) is 7.91. The Bertz CT molecular complexity index is 368. The molecule has 4 nitrogen and oxygen atoms in total. The lowest BCUT2D eigenvalue weighted by molar-refractivity contribution is 0.200. The lowest BCUT2D eigenvalue weighted by Crippen LogP contribution is -2.45. The molecule has 1 unspecified atom stereocenters. The number of aromatic nitrogens is 2. The summed E-state index contributed by atoms with van der Waals surface area (Å²) in [6.45, 7) is 8.10. The van der Waals surface area contributed by atoms with Crippen LogP contribution in [0, 0.1) is 20.8 Å². The molecule has 0 saturated carbocycles. The molecule has 0 aliphatic carbocycles. The highest BCUT2D eigenvalue weighted by molar-refractivity contribution is 7.99. The molecule has 1 aromatic heterocycles. The number of nitrogens with one attached hydrogen (secondary N) is 1. The normalized spacial score (nSPS) is 14.7. The number of hydrogen-bond donors (Lipinski definition) is 2. The third-order valence-corrected chi connectivity index (χ3v) is 4.31. The molecule has 0 aliphatic rings. The van der Waals surface area contributed by atoms with Crippen molar-refractivity contribution < 1.29 is 5.11 Å². The second kappa shape index (κ2) is 5.80. The maximum atomic E-state index is 9.30. The van der Waals surface area contributed by atoms with Crippen LogP contribution in [-0.4, -0.2) is 40.0 Å². The number of thioether (sulfide) groups is 1. The van der Waals surface area contributed by atoms with Crippen LogP contribution in [-0.2, 0) is 0 Å². The van der Waals surface area contributed by atoms with Crippen molar-refractivity contribution >= 4 is 11.8 Å². The molecule has 1 rings (SSSR count). The van der Waals surface area contributed by atoms with E-state index in [1.54, 1.807) is 11.8 Å². The minimum atomic E-state index is -0.291. The van der Waals surface area contributed by atoms with Crippen molar-refractivity contribution in [2.45, 2.75) is 38.4 Å². The number of aliphatic hydroxyl groups excluding tert-OH is 1. The van der Waals surface area contributed by atoms with Crippen LogP contribution in [0.4, 0.5) is 0 Å². The van der Waals surface area contributed by atoms with Crippen molar-refractivity contribution in [2.75, 3.05) is 19.4 Å². The van der Waals surface area contributed by atoms with Crippen LogP contribution in [0.5, 0.6) is 0 Å². The third-order valence-electron chi connectivity index (χ3n) is 3.08. The Kier molecular flexibility index (Phi) is 4.91. The van der Waals surface area contributed by atoms with Gasteiger partial charge in [0.25, 0.3) is 0 Å². The number of rotatable bonds is 5. The van der Waals surface area contributed by atoms with E-state index in [1.807, 2.05) is 34.7 Å². The molecular formula is C12H21N3OS. The molecule has 0 saturated heterocycles. The summed E-state index contributed by atoms with van der Waals surface area (Å²) in [4.78, 5) is 8.90. The van der Waals surface area contributed by atoms with Gasteiger partial charge in [0.15, 0.2) is 5.16 Å². The van der Waals surface area contributed by atoms with E-state index in [1.165, 1.54) is 0 Å². The van der Waals surface area contributed by atoms with Crippen LogP contribution < -0.4 is 5.32 Å². The van der Waals surface area contributed by atoms with Crippen molar-refractivity contribution in [1.29, 1.82) is 0 Å². The van der Waals surface area contributed by atoms with Crippen molar-refractivity contribution in [3.05, 3.63) is 17.0 Å². The van der Waals surface area contributed by atoms with E-state index in [4.69, 9.17) is 0 Å². The Morgan fingerprint density at radius 2 is 1.76 bits per heavy atom. The first-order valence-electron chi connectivity index (χ1n) is 5.66. The zero-order valence-electron chi connectivity index (χ0n) is 11.2. The summed E-state index contributed by atoms with van der Waals surface area (Å²) in [6.07, 6.45) is 0. The first-order valence-corrected chi connectivity index (χ1v) is 6.65. The SMILES string of the molecule is CNC(C)(CO)CSc1nc(C)c(C)c(C)n1. The molecule has 0 fully saturated rings. The number of aliphatic hydroxyl groups is 1. The number of likely N-dealkylation sites (N-methyl/N-ethyl adjacent to an activating group) is 1. The van der Waals surface area contributed by atoms with Gasteiger partial charge in [-0.3, -0.25) is 0 Å². The van der Waals surface area contributed by atoms with Crippen LogP contribution in [0.1, 0.15) is 23.9 Å². The van der Waals surface area contributed by atoms with Crippen LogP contribution in [0.15, 0.2) is 5.16 Å². The molecule has 96 valence electrons. The Hall–Kier alpha value is -0.650. The summed E-state index contributed by atoms with van der Waals surface area (Å²) in [5, 5.41) is 13.2. The summed E-state index contributed by atoms with van der Waals surface area (Å²) in [5.41, 5.74) is 2.90. The van der Waals surface area contributed by atoms with Crippen molar-refractivity contribution in [3.63, 3.8) is 0 Å².